The lowest BCUT2D eigenvalue weighted by Gasteiger charge is -1.91. The third kappa shape index (κ3) is 2.50. The molecular formula is C5H6BrN5. The zero-order valence-corrected chi connectivity index (χ0v) is 7.12. The Morgan fingerprint density at radius 2 is 2.09 bits per heavy atom. The summed E-state index contributed by atoms with van der Waals surface area (Å²) in [5, 5.41) is 7.35. The molecule has 6 heteroatoms. The highest BCUT2D eigenvalue weighted by Gasteiger charge is 1.91. The van der Waals surface area contributed by atoms with E-state index in [0.717, 1.165) is 0 Å². The highest BCUT2D eigenvalue weighted by Crippen LogP contribution is 2.08. The van der Waals surface area contributed by atoms with E-state index >= 15 is 0 Å². The maximum Gasteiger partial charge on any atom is 0.192 e. The predicted molar refractivity (Wildman–Crippen MR) is 45.2 cm³/mol. The highest BCUT2D eigenvalue weighted by molar-refractivity contribution is 9.10. The fourth-order valence-corrected chi connectivity index (χ4v) is 0.712. The Morgan fingerprint density at radius 3 is 2.55 bits per heavy atom. The normalized spacial score (nSPS) is 9.18. The van der Waals surface area contributed by atoms with Crippen LogP contribution < -0.4 is 11.5 Å². The lowest BCUT2D eigenvalue weighted by Crippen LogP contribution is -2.22. The molecule has 0 aliphatic heterocycles. The molecule has 0 aliphatic rings. The second kappa shape index (κ2) is 3.29. The van der Waals surface area contributed by atoms with Gasteiger partial charge in [-0.3, -0.25) is 0 Å². The second-order valence-corrected chi connectivity index (χ2v) is 2.56. The molecule has 0 unspecified atom stereocenters. The fourth-order valence-electron chi connectivity index (χ4n) is 0.501. The Balaban J connectivity index is 2.91. The average Bonchev–Trinajstić information content (AvgIpc) is 1.93. The van der Waals surface area contributed by atoms with E-state index in [-0.39, 0.29) is 5.96 Å². The molecule has 1 heterocycles. The van der Waals surface area contributed by atoms with Crippen molar-refractivity contribution in [3.05, 3.63) is 16.7 Å². The van der Waals surface area contributed by atoms with E-state index in [4.69, 9.17) is 11.5 Å². The topological polar surface area (TPSA) is 90.2 Å². The summed E-state index contributed by atoms with van der Waals surface area (Å²) in [7, 11) is 0. The molecule has 0 saturated heterocycles. The first-order valence-corrected chi connectivity index (χ1v) is 3.56. The minimum atomic E-state index is -0.0263. The van der Waals surface area contributed by atoms with Crippen LogP contribution in [0.5, 0.6) is 0 Å². The molecule has 58 valence electrons. The third-order valence-electron chi connectivity index (χ3n) is 0.862. The average molecular weight is 216 g/mol. The molecule has 4 N–H and O–H groups in total. The molecule has 0 fully saturated rings. The molecule has 11 heavy (non-hydrogen) atoms. The van der Waals surface area contributed by atoms with E-state index in [1.54, 1.807) is 12.1 Å². The number of hydrogen-bond acceptors (Lipinski definition) is 3. The number of rotatable bonds is 1. The van der Waals surface area contributed by atoms with Gasteiger partial charge in [-0.1, -0.05) is 0 Å². The Kier molecular flexibility index (Phi) is 2.37. The first kappa shape index (κ1) is 7.93. The van der Waals surface area contributed by atoms with Gasteiger partial charge in [-0.2, -0.15) is 4.99 Å². The van der Waals surface area contributed by atoms with Gasteiger partial charge < -0.3 is 11.5 Å². The standard InChI is InChI=1S/C5H6BrN5/c6-3-1-2-4(11-10-3)9-5(7)8/h1-2H,(H4,7,8,9,11). The van der Waals surface area contributed by atoms with Gasteiger partial charge in [-0.05, 0) is 28.1 Å². The largest absolute Gasteiger partial charge is 0.370 e. The summed E-state index contributed by atoms with van der Waals surface area (Å²) in [5.41, 5.74) is 10.2. The first-order valence-electron chi connectivity index (χ1n) is 2.77. The molecule has 0 amide bonds. The molecule has 0 radical (unpaired) electrons. The van der Waals surface area contributed by atoms with Crippen molar-refractivity contribution in [2.24, 2.45) is 16.5 Å². The minimum absolute atomic E-state index is 0.0263. The summed E-state index contributed by atoms with van der Waals surface area (Å²) in [5.74, 6) is 0.370. The molecule has 0 atom stereocenters. The molecule has 1 rings (SSSR count). The van der Waals surface area contributed by atoms with Gasteiger partial charge in [-0.25, -0.2) is 0 Å². The first-order chi connectivity index (χ1) is 5.18. The molecule has 0 saturated carbocycles. The maximum absolute atomic E-state index is 5.11. The number of nitrogens with zero attached hydrogens (tertiary/aromatic N) is 3. The Bertz CT molecular complexity index is 263. The lowest BCUT2D eigenvalue weighted by molar-refractivity contribution is 0.998. The third-order valence-corrected chi connectivity index (χ3v) is 1.28. The van der Waals surface area contributed by atoms with Crippen LogP contribution in [0.2, 0.25) is 0 Å². The molecular weight excluding hydrogens is 210 g/mol. The van der Waals surface area contributed by atoms with Crippen LogP contribution in [0.3, 0.4) is 0 Å². The Hall–Kier alpha value is -1.17. The Morgan fingerprint density at radius 1 is 1.36 bits per heavy atom. The number of hydrogen-bond donors (Lipinski definition) is 2. The summed E-state index contributed by atoms with van der Waals surface area (Å²) >= 11 is 3.13. The van der Waals surface area contributed by atoms with Gasteiger partial charge in [0.1, 0.15) is 4.60 Å². The van der Waals surface area contributed by atoms with Crippen molar-refractivity contribution < 1.29 is 0 Å². The van der Waals surface area contributed by atoms with Crippen molar-refractivity contribution in [1.29, 1.82) is 0 Å². The Labute approximate surface area is 71.6 Å². The smallest absolute Gasteiger partial charge is 0.192 e. The minimum Gasteiger partial charge on any atom is -0.370 e. The van der Waals surface area contributed by atoms with Crippen LogP contribution >= 0.6 is 15.9 Å². The van der Waals surface area contributed by atoms with E-state index in [1.165, 1.54) is 0 Å². The number of halogens is 1. The molecule has 5 nitrogen and oxygen atoms in total. The summed E-state index contributed by atoms with van der Waals surface area (Å²) in [6.07, 6.45) is 0. The van der Waals surface area contributed by atoms with Crippen LogP contribution in [0.1, 0.15) is 0 Å². The molecule has 1 aromatic rings. The molecule has 1 aromatic heterocycles. The monoisotopic (exact) mass is 215 g/mol. The number of guanidine groups is 1. The second-order valence-electron chi connectivity index (χ2n) is 1.75. The number of aliphatic imine (C=N–C) groups is 1. The van der Waals surface area contributed by atoms with Crippen molar-refractivity contribution >= 4 is 27.7 Å². The van der Waals surface area contributed by atoms with Gasteiger partial charge in [0.2, 0.25) is 0 Å². The van der Waals surface area contributed by atoms with Crippen LogP contribution in [0.15, 0.2) is 21.7 Å². The molecule has 0 spiro atoms. The van der Waals surface area contributed by atoms with Gasteiger partial charge in [0.25, 0.3) is 0 Å². The van der Waals surface area contributed by atoms with E-state index in [1.807, 2.05) is 0 Å². The summed E-state index contributed by atoms with van der Waals surface area (Å²) in [6, 6.07) is 3.35. The molecule has 0 aromatic carbocycles. The van der Waals surface area contributed by atoms with E-state index in [2.05, 4.69) is 31.1 Å². The predicted octanol–water partition coefficient (Wildman–Crippen LogP) is 0.144. The van der Waals surface area contributed by atoms with Crippen molar-refractivity contribution in [1.82, 2.24) is 10.2 Å². The van der Waals surface area contributed by atoms with Crippen LogP contribution in [0.4, 0.5) is 5.82 Å². The van der Waals surface area contributed by atoms with E-state index in [9.17, 15) is 0 Å². The van der Waals surface area contributed by atoms with Crippen molar-refractivity contribution in [2.45, 2.75) is 0 Å². The van der Waals surface area contributed by atoms with Gasteiger partial charge in [-0.15, -0.1) is 10.2 Å². The van der Waals surface area contributed by atoms with Crippen molar-refractivity contribution in [2.75, 3.05) is 0 Å². The van der Waals surface area contributed by atoms with Gasteiger partial charge >= 0.3 is 0 Å². The fraction of sp³-hybridized carbons (Fsp3) is 0. The van der Waals surface area contributed by atoms with Gasteiger partial charge in [0.15, 0.2) is 11.8 Å². The summed E-state index contributed by atoms with van der Waals surface area (Å²) in [4.78, 5) is 3.68. The summed E-state index contributed by atoms with van der Waals surface area (Å²) < 4.78 is 0.645. The van der Waals surface area contributed by atoms with Gasteiger partial charge in [0, 0.05) is 0 Å². The van der Waals surface area contributed by atoms with Crippen LogP contribution in [0.25, 0.3) is 0 Å². The van der Waals surface area contributed by atoms with Crippen molar-refractivity contribution in [3.63, 3.8) is 0 Å². The molecule has 0 aliphatic carbocycles. The SMILES string of the molecule is NC(N)=Nc1ccc(Br)nn1. The van der Waals surface area contributed by atoms with Crippen LogP contribution in [-0.2, 0) is 0 Å². The molecule has 0 bridgehead atoms. The number of nitrogens with two attached hydrogens (primary N) is 2. The summed E-state index contributed by atoms with van der Waals surface area (Å²) in [6.45, 7) is 0. The van der Waals surface area contributed by atoms with Crippen LogP contribution in [0, 0.1) is 0 Å². The van der Waals surface area contributed by atoms with Gasteiger partial charge in [0.05, 0.1) is 0 Å². The van der Waals surface area contributed by atoms with Crippen LogP contribution in [-0.4, -0.2) is 16.2 Å². The maximum atomic E-state index is 5.11. The van der Waals surface area contributed by atoms with E-state index in [0.29, 0.717) is 10.4 Å². The zero-order chi connectivity index (χ0) is 8.27. The quantitative estimate of drug-likeness (QED) is 0.516. The zero-order valence-electron chi connectivity index (χ0n) is 5.53. The van der Waals surface area contributed by atoms with Crippen molar-refractivity contribution in [3.8, 4) is 0 Å². The lowest BCUT2D eigenvalue weighted by atomic mass is 10.5. The number of aromatic nitrogens is 2. The van der Waals surface area contributed by atoms with E-state index < -0.39 is 0 Å². The highest BCUT2D eigenvalue weighted by atomic mass is 79.9.